The van der Waals surface area contributed by atoms with Crippen molar-refractivity contribution in [2.75, 3.05) is 7.11 Å². The van der Waals surface area contributed by atoms with Crippen LogP contribution in [-0.2, 0) is 6.42 Å². The summed E-state index contributed by atoms with van der Waals surface area (Å²) in [6, 6.07) is 3.47. The molecule has 0 aliphatic carbocycles. The van der Waals surface area contributed by atoms with Gasteiger partial charge in [-0.2, -0.15) is 0 Å². The van der Waals surface area contributed by atoms with Crippen LogP contribution in [-0.4, -0.2) is 22.9 Å². The maximum atomic E-state index is 12.0. The number of carbonyl (C=O) groups is 1. The second kappa shape index (κ2) is 5.05. The summed E-state index contributed by atoms with van der Waals surface area (Å²) in [5, 5.41) is 2.85. The standard InChI is InChI=1S/C12H12N2O2S/c1-8-14-9(7-17-8)6-10(15)12-11(16-2)4-3-5-13-12/h3-5,7H,6H2,1-2H3. The van der Waals surface area contributed by atoms with E-state index >= 15 is 0 Å². The number of aryl methyl sites for hydroxylation is 1. The van der Waals surface area contributed by atoms with Gasteiger partial charge < -0.3 is 4.74 Å². The molecule has 0 N–H and O–H groups in total. The molecular formula is C12H12N2O2S. The first-order chi connectivity index (χ1) is 8.20. The van der Waals surface area contributed by atoms with E-state index in [1.807, 2.05) is 12.3 Å². The lowest BCUT2D eigenvalue weighted by molar-refractivity contribution is 0.0984. The van der Waals surface area contributed by atoms with Gasteiger partial charge in [0.25, 0.3) is 0 Å². The Hall–Kier alpha value is -1.75. The second-order valence-electron chi connectivity index (χ2n) is 3.51. The largest absolute Gasteiger partial charge is 0.494 e. The Morgan fingerprint density at radius 1 is 1.53 bits per heavy atom. The van der Waals surface area contributed by atoms with E-state index in [2.05, 4.69) is 9.97 Å². The summed E-state index contributed by atoms with van der Waals surface area (Å²) in [6.45, 7) is 1.92. The number of ether oxygens (including phenoxy) is 1. The van der Waals surface area contributed by atoms with E-state index in [1.54, 1.807) is 18.3 Å². The van der Waals surface area contributed by atoms with Crippen LogP contribution in [0.5, 0.6) is 5.75 Å². The van der Waals surface area contributed by atoms with Crippen molar-refractivity contribution in [3.8, 4) is 5.75 Å². The summed E-state index contributed by atoms with van der Waals surface area (Å²) in [7, 11) is 1.53. The van der Waals surface area contributed by atoms with E-state index in [4.69, 9.17) is 4.74 Å². The molecule has 2 heterocycles. The zero-order chi connectivity index (χ0) is 12.3. The molecule has 0 saturated carbocycles. The molecule has 2 aromatic rings. The number of methoxy groups -OCH3 is 1. The zero-order valence-corrected chi connectivity index (χ0v) is 10.5. The molecule has 5 heteroatoms. The summed E-state index contributed by atoms with van der Waals surface area (Å²) in [5.41, 5.74) is 1.14. The van der Waals surface area contributed by atoms with E-state index in [0.717, 1.165) is 10.7 Å². The van der Waals surface area contributed by atoms with Gasteiger partial charge in [0.05, 0.1) is 24.2 Å². The summed E-state index contributed by atoms with van der Waals surface area (Å²) >= 11 is 1.54. The van der Waals surface area contributed by atoms with Crippen molar-refractivity contribution in [1.82, 2.24) is 9.97 Å². The van der Waals surface area contributed by atoms with E-state index in [0.29, 0.717) is 11.4 Å². The summed E-state index contributed by atoms with van der Waals surface area (Å²) in [4.78, 5) is 20.3. The maximum Gasteiger partial charge on any atom is 0.190 e. The van der Waals surface area contributed by atoms with Crippen molar-refractivity contribution in [3.63, 3.8) is 0 Å². The predicted octanol–water partition coefficient (Wildman–Crippen LogP) is 2.28. The van der Waals surface area contributed by atoms with Crippen molar-refractivity contribution < 1.29 is 9.53 Å². The number of thiazole rings is 1. The number of hydrogen-bond donors (Lipinski definition) is 0. The molecule has 0 saturated heterocycles. The highest BCUT2D eigenvalue weighted by Crippen LogP contribution is 2.17. The SMILES string of the molecule is COc1cccnc1C(=O)Cc1csc(C)n1. The Morgan fingerprint density at radius 2 is 2.35 bits per heavy atom. The lowest BCUT2D eigenvalue weighted by atomic mass is 10.1. The van der Waals surface area contributed by atoms with Crippen LogP contribution < -0.4 is 4.74 Å². The topological polar surface area (TPSA) is 52.1 Å². The first kappa shape index (κ1) is 11.7. The summed E-state index contributed by atoms with van der Waals surface area (Å²) in [5.74, 6) is 0.428. The molecular weight excluding hydrogens is 236 g/mol. The highest BCUT2D eigenvalue weighted by molar-refractivity contribution is 7.09. The monoisotopic (exact) mass is 248 g/mol. The Kier molecular flexibility index (Phi) is 3.49. The molecule has 4 nitrogen and oxygen atoms in total. The normalized spacial score (nSPS) is 10.2. The molecule has 0 radical (unpaired) electrons. The molecule has 17 heavy (non-hydrogen) atoms. The van der Waals surface area contributed by atoms with Crippen molar-refractivity contribution in [2.24, 2.45) is 0 Å². The van der Waals surface area contributed by atoms with Crippen LogP contribution in [0.25, 0.3) is 0 Å². The number of Topliss-reactive ketones (excluding diaryl/α,β-unsaturated/α-hetero) is 1. The van der Waals surface area contributed by atoms with Crippen LogP contribution in [0.3, 0.4) is 0 Å². The third-order valence-electron chi connectivity index (χ3n) is 2.26. The number of ketones is 1. The van der Waals surface area contributed by atoms with Gasteiger partial charge in [-0.3, -0.25) is 4.79 Å². The Bertz CT molecular complexity index is 537. The highest BCUT2D eigenvalue weighted by Gasteiger charge is 2.15. The van der Waals surface area contributed by atoms with Crippen LogP contribution in [0.1, 0.15) is 21.2 Å². The third-order valence-corrected chi connectivity index (χ3v) is 3.09. The molecule has 2 rings (SSSR count). The minimum absolute atomic E-state index is 0.0762. The third kappa shape index (κ3) is 2.68. The first-order valence-electron chi connectivity index (χ1n) is 5.14. The van der Waals surface area contributed by atoms with Gasteiger partial charge in [0.2, 0.25) is 0 Å². The Labute approximate surface area is 103 Å². The van der Waals surface area contributed by atoms with Crippen molar-refractivity contribution >= 4 is 17.1 Å². The number of carbonyl (C=O) groups excluding carboxylic acids is 1. The van der Waals surface area contributed by atoms with E-state index in [1.165, 1.54) is 18.4 Å². The van der Waals surface area contributed by atoms with Crippen LogP contribution in [0, 0.1) is 6.92 Å². The average molecular weight is 248 g/mol. The maximum absolute atomic E-state index is 12.0. The Morgan fingerprint density at radius 3 is 3.00 bits per heavy atom. The van der Waals surface area contributed by atoms with Crippen molar-refractivity contribution in [2.45, 2.75) is 13.3 Å². The minimum Gasteiger partial charge on any atom is -0.494 e. The number of nitrogens with zero attached hydrogens (tertiary/aromatic N) is 2. The molecule has 0 bridgehead atoms. The molecule has 2 aromatic heterocycles. The lowest BCUT2D eigenvalue weighted by Gasteiger charge is -2.04. The van der Waals surface area contributed by atoms with Gasteiger partial charge in [-0.25, -0.2) is 9.97 Å². The molecule has 0 spiro atoms. The van der Waals surface area contributed by atoms with Crippen LogP contribution in [0.2, 0.25) is 0 Å². The molecule has 0 fully saturated rings. The summed E-state index contributed by atoms with van der Waals surface area (Å²) in [6.07, 6.45) is 1.85. The van der Waals surface area contributed by atoms with Crippen LogP contribution in [0.15, 0.2) is 23.7 Å². The van der Waals surface area contributed by atoms with Gasteiger partial charge in [0.1, 0.15) is 11.4 Å². The van der Waals surface area contributed by atoms with Gasteiger partial charge in [-0.15, -0.1) is 11.3 Å². The van der Waals surface area contributed by atoms with Gasteiger partial charge >= 0.3 is 0 Å². The fourth-order valence-corrected chi connectivity index (χ4v) is 2.11. The van der Waals surface area contributed by atoms with E-state index in [-0.39, 0.29) is 12.2 Å². The summed E-state index contributed by atoms with van der Waals surface area (Å²) < 4.78 is 5.11. The second-order valence-corrected chi connectivity index (χ2v) is 4.57. The molecule has 0 atom stereocenters. The quantitative estimate of drug-likeness (QED) is 0.779. The number of pyridine rings is 1. The molecule has 0 aliphatic heterocycles. The fourth-order valence-electron chi connectivity index (χ4n) is 1.50. The van der Waals surface area contributed by atoms with E-state index in [9.17, 15) is 4.79 Å². The average Bonchev–Trinajstić information content (AvgIpc) is 2.74. The Balaban J connectivity index is 2.20. The molecule has 0 aliphatic rings. The molecule has 0 aromatic carbocycles. The highest BCUT2D eigenvalue weighted by atomic mass is 32.1. The fraction of sp³-hybridized carbons (Fsp3) is 0.250. The van der Waals surface area contributed by atoms with Gasteiger partial charge in [-0.05, 0) is 19.1 Å². The molecule has 0 amide bonds. The zero-order valence-electron chi connectivity index (χ0n) is 9.64. The number of rotatable bonds is 4. The molecule has 88 valence electrons. The first-order valence-corrected chi connectivity index (χ1v) is 6.02. The van der Waals surface area contributed by atoms with Crippen molar-refractivity contribution in [3.05, 3.63) is 40.1 Å². The minimum atomic E-state index is -0.0762. The predicted molar refractivity (Wildman–Crippen MR) is 65.7 cm³/mol. The van der Waals surface area contributed by atoms with Crippen molar-refractivity contribution in [1.29, 1.82) is 0 Å². The van der Waals surface area contributed by atoms with E-state index < -0.39 is 0 Å². The van der Waals surface area contributed by atoms with Gasteiger partial charge in [0.15, 0.2) is 5.78 Å². The lowest BCUT2D eigenvalue weighted by Crippen LogP contribution is -2.08. The number of aromatic nitrogens is 2. The number of hydrogen-bond acceptors (Lipinski definition) is 5. The van der Waals surface area contributed by atoms with Gasteiger partial charge in [0, 0.05) is 11.6 Å². The smallest absolute Gasteiger partial charge is 0.190 e. The van der Waals surface area contributed by atoms with Crippen LogP contribution in [0.4, 0.5) is 0 Å². The van der Waals surface area contributed by atoms with Crippen LogP contribution >= 0.6 is 11.3 Å². The molecule has 0 unspecified atom stereocenters. The van der Waals surface area contributed by atoms with Gasteiger partial charge in [-0.1, -0.05) is 0 Å².